The van der Waals surface area contributed by atoms with Gasteiger partial charge in [-0.15, -0.1) is 0 Å². The highest BCUT2D eigenvalue weighted by Crippen LogP contribution is 2.24. The number of benzene rings is 1. The quantitative estimate of drug-likeness (QED) is 0.379. The number of ether oxygens (including phenoxy) is 1. The van der Waals surface area contributed by atoms with Crippen LogP contribution in [0.2, 0.25) is 0 Å². The molecule has 0 spiro atoms. The van der Waals surface area contributed by atoms with Crippen molar-refractivity contribution < 1.29 is 28.7 Å². The molecule has 0 radical (unpaired) electrons. The van der Waals surface area contributed by atoms with Gasteiger partial charge in [0.25, 0.3) is 17.7 Å². The van der Waals surface area contributed by atoms with Crippen molar-refractivity contribution in [2.24, 2.45) is 5.92 Å². The Morgan fingerprint density at radius 2 is 1.58 bits per heavy atom. The number of hydrogen-bond donors (Lipinski definition) is 3. The second-order valence-electron chi connectivity index (χ2n) is 9.16. The molecular formula is C23H32N4O6. The summed E-state index contributed by atoms with van der Waals surface area (Å²) in [6, 6.07) is 4.41. The zero-order valence-electron chi connectivity index (χ0n) is 19.7. The summed E-state index contributed by atoms with van der Waals surface area (Å²) in [4.78, 5) is 61.9. The van der Waals surface area contributed by atoms with Gasteiger partial charge in [0.1, 0.15) is 5.60 Å². The predicted molar refractivity (Wildman–Crippen MR) is 121 cm³/mol. The molecule has 0 aromatic heterocycles. The van der Waals surface area contributed by atoms with E-state index in [1.54, 1.807) is 20.8 Å². The second-order valence-corrected chi connectivity index (χ2v) is 9.16. The number of amides is 5. The Bertz CT molecular complexity index is 935. The van der Waals surface area contributed by atoms with Crippen LogP contribution in [0, 0.1) is 5.92 Å². The third-order valence-corrected chi connectivity index (χ3v) is 4.53. The van der Waals surface area contributed by atoms with E-state index in [1.807, 2.05) is 13.8 Å². The summed E-state index contributed by atoms with van der Waals surface area (Å²) in [6.07, 6.45) is -0.523. The van der Waals surface area contributed by atoms with Crippen molar-refractivity contribution in [2.75, 3.05) is 26.2 Å². The van der Waals surface area contributed by atoms with E-state index in [4.69, 9.17) is 4.74 Å². The van der Waals surface area contributed by atoms with E-state index in [9.17, 15) is 24.0 Å². The third-order valence-electron chi connectivity index (χ3n) is 4.53. The van der Waals surface area contributed by atoms with Crippen molar-refractivity contribution in [1.82, 2.24) is 20.9 Å². The average molecular weight is 461 g/mol. The van der Waals surface area contributed by atoms with Crippen LogP contribution >= 0.6 is 0 Å². The third kappa shape index (κ3) is 7.58. The molecule has 0 saturated carbocycles. The number of imide groups is 1. The number of hydrogen-bond acceptors (Lipinski definition) is 6. The topological polar surface area (TPSA) is 134 Å². The summed E-state index contributed by atoms with van der Waals surface area (Å²) in [6.45, 7) is 9.88. The van der Waals surface area contributed by atoms with Gasteiger partial charge in [0, 0.05) is 38.2 Å². The Morgan fingerprint density at radius 1 is 0.939 bits per heavy atom. The van der Waals surface area contributed by atoms with Gasteiger partial charge in [0.05, 0.1) is 11.1 Å². The lowest BCUT2D eigenvalue weighted by molar-refractivity contribution is -0.120. The normalized spacial score (nSPS) is 13.1. The zero-order valence-corrected chi connectivity index (χ0v) is 19.7. The van der Waals surface area contributed by atoms with Crippen LogP contribution in [-0.2, 0) is 9.53 Å². The lowest BCUT2D eigenvalue weighted by Crippen LogP contribution is -2.37. The molecule has 1 aromatic rings. The summed E-state index contributed by atoms with van der Waals surface area (Å²) in [5.74, 6) is -1.31. The van der Waals surface area contributed by atoms with Crippen molar-refractivity contribution in [1.29, 1.82) is 0 Å². The van der Waals surface area contributed by atoms with E-state index in [-0.39, 0.29) is 54.9 Å². The lowest BCUT2D eigenvalue weighted by atomic mass is 10.1. The zero-order chi connectivity index (χ0) is 24.8. The molecule has 0 aliphatic carbocycles. The van der Waals surface area contributed by atoms with Crippen LogP contribution in [-0.4, -0.2) is 66.4 Å². The minimum absolute atomic E-state index is 0.0705. The molecule has 1 aliphatic rings. The van der Waals surface area contributed by atoms with Crippen LogP contribution in [0.4, 0.5) is 4.79 Å². The first-order chi connectivity index (χ1) is 15.4. The highest BCUT2D eigenvalue weighted by Gasteiger charge is 2.36. The van der Waals surface area contributed by atoms with E-state index in [0.29, 0.717) is 12.1 Å². The van der Waals surface area contributed by atoms with Gasteiger partial charge in [-0.3, -0.25) is 24.1 Å². The molecule has 1 heterocycles. The number of carbonyl (C=O) groups excluding carboxylic acids is 5. The van der Waals surface area contributed by atoms with Crippen molar-refractivity contribution in [3.63, 3.8) is 0 Å². The van der Waals surface area contributed by atoms with Crippen LogP contribution < -0.4 is 16.0 Å². The Hall–Kier alpha value is -3.43. The van der Waals surface area contributed by atoms with Crippen molar-refractivity contribution >= 4 is 29.7 Å². The van der Waals surface area contributed by atoms with E-state index in [2.05, 4.69) is 16.0 Å². The van der Waals surface area contributed by atoms with E-state index in [0.717, 1.165) is 0 Å². The molecule has 0 fully saturated rings. The van der Waals surface area contributed by atoms with Gasteiger partial charge in [-0.1, -0.05) is 13.8 Å². The number of fused-ring (bicyclic) bond motifs is 1. The molecule has 33 heavy (non-hydrogen) atoms. The summed E-state index contributed by atoms with van der Waals surface area (Å²) in [7, 11) is 0. The van der Waals surface area contributed by atoms with Gasteiger partial charge in [-0.2, -0.15) is 0 Å². The first-order valence-electron chi connectivity index (χ1n) is 10.9. The molecular weight excluding hydrogens is 428 g/mol. The fourth-order valence-corrected chi connectivity index (χ4v) is 3.12. The minimum Gasteiger partial charge on any atom is -0.444 e. The lowest BCUT2D eigenvalue weighted by Gasteiger charge is -2.19. The SMILES string of the molecule is CC(C)CN1C(=O)c2ccc(C(=O)NCCNC(=O)CCNC(=O)OC(C)(C)C)cc2C1=O. The molecule has 10 heteroatoms. The minimum atomic E-state index is -0.611. The molecule has 1 aliphatic heterocycles. The van der Waals surface area contributed by atoms with Crippen molar-refractivity contribution in [2.45, 2.75) is 46.6 Å². The van der Waals surface area contributed by atoms with E-state index in [1.165, 1.54) is 23.1 Å². The molecule has 1 aromatic carbocycles. The Morgan fingerprint density at radius 3 is 2.21 bits per heavy atom. The Kier molecular flexibility index (Phi) is 8.56. The van der Waals surface area contributed by atoms with Crippen LogP contribution in [0.3, 0.4) is 0 Å². The molecule has 0 unspecified atom stereocenters. The Balaban J connectivity index is 1.75. The van der Waals surface area contributed by atoms with Crippen LogP contribution in [0.25, 0.3) is 0 Å². The van der Waals surface area contributed by atoms with Crippen LogP contribution in [0.5, 0.6) is 0 Å². The maximum atomic E-state index is 12.5. The maximum absolute atomic E-state index is 12.5. The van der Waals surface area contributed by atoms with Gasteiger partial charge < -0.3 is 20.7 Å². The van der Waals surface area contributed by atoms with Crippen LogP contribution in [0.15, 0.2) is 18.2 Å². The summed E-state index contributed by atoms with van der Waals surface area (Å²) in [5.41, 5.74) is 0.164. The number of alkyl carbamates (subject to hydrolysis) is 1. The molecule has 0 bridgehead atoms. The second kappa shape index (κ2) is 10.9. The highest BCUT2D eigenvalue weighted by molar-refractivity contribution is 6.22. The van der Waals surface area contributed by atoms with Gasteiger partial charge in [0.15, 0.2) is 0 Å². The number of rotatable bonds is 9. The first kappa shape index (κ1) is 25.8. The summed E-state index contributed by atoms with van der Waals surface area (Å²) < 4.78 is 5.08. The number of nitrogens with one attached hydrogen (secondary N) is 3. The molecule has 0 saturated heterocycles. The molecule has 3 N–H and O–H groups in total. The molecule has 5 amide bonds. The molecule has 0 atom stereocenters. The van der Waals surface area contributed by atoms with Gasteiger partial charge in [-0.25, -0.2) is 4.79 Å². The fourth-order valence-electron chi connectivity index (χ4n) is 3.12. The average Bonchev–Trinajstić information content (AvgIpc) is 2.93. The highest BCUT2D eigenvalue weighted by atomic mass is 16.6. The smallest absolute Gasteiger partial charge is 0.407 e. The summed E-state index contributed by atoms with van der Waals surface area (Å²) in [5, 5.41) is 7.79. The largest absolute Gasteiger partial charge is 0.444 e. The summed E-state index contributed by atoms with van der Waals surface area (Å²) >= 11 is 0. The fraction of sp³-hybridized carbons (Fsp3) is 0.522. The van der Waals surface area contributed by atoms with Gasteiger partial charge in [0.2, 0.25) is 5.91 Å². The molecule has 2 rings (SSSR count). The van der Waals surface area contributed by atoms with Crippen molar-refractivity contribution in [3.05, 3.63) is 34.9 Å². The standard InChI is InChI=1S/C23H32N4O6/c1-14(2)13-27-20(30)16-7-6-15(12-17(16)21(27)31)19(29)25-11-10-24-18(28)8-9-26-22(32)33-23(3,4)5/h6-7,12,14H,8-11,13H2,1-5H3,(H,24,28)(H,25,29)(H,26,32). The van der Waals surface area contributed by atoms with Crippen molar-refractivity contribution in [3.8, 4) is 0 Å². The first-order valence-corrected chi connectivity index (χ1v) is 10.9. The van der Waals surface area contributed by atoms with E-state index >= 15 is 0 Å². The van der Waals surface area contributed by atoms with E-state index < -0.39 is 23.5 Å². The van der Waals surface area contributed by atoms with Gasteiger partial charge in [-0.05, 0) is 44.9 Å². The number of nitrogens with zero attached hydrogens (tertiary/aromatic N) is 1. The Labute approximate surface area is 193 Å². The van der Waals surface area contributed by atoms with Gasteiger partial charge >= 0.3 is 6.09 Å². The molecule has 10 nitrogen and oxygen atoms in total. The predicted octanol–water partition coefficient (Wildman–Crippen LogP) is 1.70. The maximum Gasteiger partial charge on any atom is 0.407 e. The monoisotopic (exact) mass is 460 g/mol. The van der Waals surface area contributed by atoms with Crippen LogP contribution in [0.1, 0.15) is 72.1 Å². The molecule has 180 valence electrons. The number of carbonyl (C=O) groups is 5.